The largest absolute Gasteiger partial charge is 0.486 e. The van der Waals surface area contributed by atoms with Crippen LogP contribution in [0.3, 0.4) is 0 Å². The molecule has 5 heteroatoms. The number of nitrogens with two attached hydrogens (primary N) is 1. The number of nitrogen functional groups attached to an aromatic ring is 1. The van der Waals surface area contributed by atoms with E-state index in [1.54, 1.807) is 12.1 Å². The Hall–Kier alpha value is -1.91. The SMILES string of the molecule is CC(C)CC(=O)Nc1cc2c(cc1N)OCCO2. The normalized spacial score (nSPS) is 13.5. The molecule has 3 N–H and O–H groups in total. The molecule has 0 atom stereocenters. The van der Waals surface area contributed by atoms with Gasteiger partial charge >= 0.3 is 0 Å². The maximum absolute atomic E-state index is 11.7. The first kappa shape index (κ1) is 12.5. The maximum atomic E-state index is 11.7. The molecule has 2 rings (SSSR count). The average molecular weight is 250 g/mol. The van der Waals surface area contributed by atoms with Gasteiger partial charge in [0.25, 0.3) is 0 Å². The number of ether oxygens (including phenoxy) is 2. The minimum atomic E-state index is -0.0478. The van der Waals surface area contributed by atoms with Crippen molar-refractivity contribution in [2.75, 3.05) is 24.3 Å². The van der Waals surface area contributed by atoms with Crippen LogP contribution in [-0.4, -0.2) is 19.1 Å². The lowest BCUT2D eigenvalue weighted by Crippen LogP contribution is -2.18. The second-order valence-electron chi connectivity index (χ2n) is 4.73. The highest BCUT2D eigenvalue weighted by Gasteiger charge is 2.16. The highest BCUT2D eigenvalue weighted by molar-refractivity contribution is 5.94. The number of carbonyl (C=O) groups is 1. The fraction of sp³-hybridized carbons (Fsp3) is 0.462. The molecule has 18 heavy (non-hydrogen) atoms. The number of rotatable bonds is 3. The van der Waals surface area contributed by atoms with Crippen LogP contribution in [0.5, 0.6) is 11.5 Å². The predicted molar refractivity (Wildman–Crippen MR) is 69.9 cm³/mol. The fourth-order valence-corrected chi connectivity index (χ4v) is 1.78. The van der Waals surface area contributed by atoms with Crippen molar-refractivity contribution in [3.05, 3.63) is 12.1 Å². The van der Waals surface area contributed by atoms with Crippen molar-refractivity contribution >= 4 is 17.3 Å². The molecule has 0 bridgehead atoms. The summed E-state index contributed by atoms with van der Waals surface area (Å²) in [6, 6.07) is 3.39. The van der Waals surface area contributed by atoms with Gasteiger partial charge in [-0.05, 0) is 5.92 Å². The van der Waals surface area contributed by atoms with Gasteiger partial charge in [-0.25, -0.2) is 0 Å². The van der Waals surface area contributed by atoms with Gasteiger partial charge < -0.3 is 20.5 Å². The maximum Gasteiger partial charge on any atom is 0.224 e. The van der Waals surface area contributed by atoms with E-state index in [0.717, 1.165) is 0 Å². The van der Waals surface area contributed by atoms with Gasteiger partial charge in [0.1, 0.15) is 13.2 Å². The van der Waals surface area contributed by atoms with Gasteiger partial charge in [0.15, 0.2) is 11.5 Å². The number of hydrogen-bond acceptors (Lipinski definition) is 4. The number of carbonyl (C=O) groups excluding carboxylic acids is 1. The number of benzene rings is 1. The summed E-state index contributed by atoms with van der Waals surface area (Å²) in [6.45, 7) is 5.02. The highest BCUT2D eigenvalue weighted by Crippen LogP contribution is 2.36. The van der Waals surface area contributed by atoms with Crippen LogP contribution in [0.1, 0.15) is 20.3 Å². The van der Waals surface area contributed by atoms with E-state index in [-0.39, 0.29) is 5.91 Å². The van der Waals surface area contributed by atoms with Crippen LogP contribution in [0.15, 0.2) is 12.1 Å². The molecule has 1 aliphatic rings. The summed E-state index contributed by atoms with van der Waals surface area (Å²) in [4.78, 5) is 11.7. The first-order valence-electron chi connectivity index (χ1n) is 6.05. The number of nitrogens with one attached hydrogen (secondary N) is 1. The Kier molecular flexibility index (Phi) is 3.60. The summed E-state index contributed by atoms with van der Waals surface area (Å²) in [6.07, 6.45) is 0.466. The molecule has 1 heterocycles. The van der Waals surface area contributed by atoms with E-state index in [1.165, 1.54) is 0 Å². The molecule has 0 radical (unpaired) electrons. The Morgan fingerprint density at radius 3 is 2.56 bits per heavy atom. The van der Waals surface area contributed by atoms with Crippen molar-refractivity contribution in [1.82, 2.24) is 0 Å². The van der Waals surface area contributed by atoms with Crippen LogP contribution in [-0.2, 0) is 4.79 Å². The molecule has 0 spiro atoms. The zero-order valence-corrected chi connectivity index (χ0v) is 10.7. The molecule has 1 amide bonds. The van der Waals surface area contributed by atoms with E-state index >= 15 is 0 Å². The highest BCUT2D eigenvalue weighted by atomic mass is 16.6. The van der Waals surface area contributed by atoms with Gasteiger partial charge in [0, 0.05) is 18.6 Å². The summed E-state index contributed by atoms with van der Waals surface area (Å²) >= 11 is 0. The van der Waals surface area contributed by atoms with E-state index in [0.29, 0.717) is 48.4 Å². The van der Waals surface area contributed by atoms with E-state index in [1.807, 2.05) is 13.8 Å². The standard InChI is InChI=1S/C13H18N2O3/c1-8(2)5-13(16)15-10-7-12-11(6-9(10)14)17-3-4-18-12/h6-8H,3-5,14H2,1-2H3,(H,15,16). The summed E-state index contributed by atoms with van der Waals surface area (Å²) in [5, 5.41) is 2.79. The molecule has 1 aromatic rings. The van der Waals surface area contributed by atoms with Crippen molar-refractivity contribution in [3.8, 4) is 11.5 Å². The molecular weight excluding hydrogens is 232 g/mol. The van der Waals surface area contributed by atoms with Crippen molar-refractivity contribution in [1.29, 1.82) is 0 Å². The Bertz CT molecular complexity index is 458. The molecule has 0 unspecified atom stereocenters. The third kappa shape index (κ3) is 2.85. The molecule has 5 nitrogen and oxygen atoms in total. The van der Waals surface area contributed by atoms with Crippen molar-refractivity contribution in [2.45, 2.75) is 20.3 Å². The summed E-state index contributed by atoms with van der Waals surface area (Å²) < 4.78 is 10.9. The molecule has 1 aliphatic heterocycles. The van der Waals surface area contributed by atoms with E-state index in [2.05, 4.69) is 5.32 Å². The quantitative estimate of drug-likeness (QED) is 0.805. The van der Waals surface area contributed by atoms with Crippen molar-refractivity contribution in [3.63, 3.8) is 0 Å². The van der Waals surface area contributed by atoms with Crippen molar-refractivity contribution < 1.29 is 14.3 Å². The van der Waals surface area contributed by atoms with Crippen LogP contribution in [0, 0.1) is 5.92 Å². The van der Waals surface area contributed by atoms with Gasteiger partial charge in [-0.2, -0.15) is 0 Å². The zero-order chi connectivity index (χ0) is 13.1. The topological polar surface area (TPSA) is 73.6 Å². The zero-order valence-electron chi connectivity index (χ0n) is 10.7. The third-order valence-corrected chi connectivity index (χ3v) is 2.58. The lowest BCUT2D eigenvalue weighted by molar-refractivity contribution is -0.116. The Balaban J connectivity index is 2.15. The summed E-state index contributed by atoms with van der Waals surface area (Å²) in [7, 11) is 0. The van der Waals surface area contributed by atoms with E-state index < -0.39 is 0 Å². The Morgan fingerprint density at radius 1 is 1.33 bits per heavy atom. The number of fused-ring (bicyclic) bond motifs is 1. The minimum Gasteiger partial charge on any atom is -0.486 e. The Labute approximate surface area is 106 Å². The van der Waals surface area contributed by atoms with Crippen LogP contribution in [0.4, 0.5) is 11.4 Å². The first-order chi connectivity index (χ1) is 8.56. The molecule has 0 saturated heterocycles. The van der Waals surface area contributed by atoms with Crippen LogP contribution >= 0.6 is 0 Å². The first-order valence-corrected chi connectivity index (χ1v) is 6.05. The molecule has 0 aromatic heterocycles. The van der Waals surface area contributed by atoms with E-state index in [4.69, 9.17) is 15.2 Å². The number of amides is 1. The van der Waals surface area contributed by atoms with Gasteiger partial charge in [-0.3, -0.25) is 4.79 Å². The molecule has 1 aromatic carbocycles. The molecule has 0 fully saturated rings. The third-order valence-electron chi connectivity index (χ3n) is 2.58. The van der Waals surface area contributed by atoms with Crippen molar-refractivity contribution in [2.24, 2.45) is 5.92 Å². The van der Waals surface area contributed by atoms with Crippen LogP contribution in [0.2, 0.25) is 0 Å². The predicted octanol–water partition coefficient (Wildman–Crippen LogP) is 2.02. The van der Waals surface area contributed by atoms with Crippen LogP contribution < -0.4 is 20.5 Å². The molecule has 0 aliphatic carbocycles. The molecule has 98 valence electrons. The van der Waals surface area contributed by atoms with Gasteiger partial charge in [-0.15, -0.1) is 0 Å². The number of anilines is 2. The second kappa shape index (κ2) is 5.16. The lowest BCUT2D eigenvalue weighted by Gasteiger charge is -2.20. The smallest absolute Gasteiger partial charge is 0.224 e. The average Bonchev–Trinajstić information content (AvgIpc) is 2.29. The minimum absolute atomic E-state index is 0.0478. The number of hydrogen-bond donors (Lipinski definition) is 2. The fourth-order valence-electron chi connectivity index (χ4n) is 1.78. The van der Waals surface area contributed by atoms with Gasteiger partial charge in [-0.1, -0.05) is 13.8 Å². The Morgan fingerprint density at radius 2 is 1.94 bits per heavy atom. The monoisotopic (exact) mass is 250 g/mol. The summed E-state index contributed by atoms with van der Waals surface area (Å²) in [5.74, 6) is 1.51. The lowest BCUT2D eigenvalue weighted by atomic mass is 10.1. The van der Waals surface area contributed by atoms with Gasteiger partial charge in [0.05, 0.1) is 11.4 Å². The second-order valence-corrected chi connectivity index (χ2v) is 4.73. The van der Waals surface area contributed by atoms with E-state index in [9.17, 15) is 4.79 Å². The summed E-state index contributed by atoms with van der Waals surface area (Å²) in [5.41, 5.74) is 6.93. The molecule has 0 saturated carbocycles. The van der Waals surface area contributed by atoms with Gasteiger partial charge in [0.2, 0.25) is 5.91 Å². The van der Waals surface area contributed by atoms with Crippen LogP contribution in [0.25, 0.3) is 0 Å². The molecular formula is C13H18N2O3.